The lowest BCUT2D eigenvalue weighted by molar-refractivity contribution is 0.591. The highest BCUT2D eigenvalue weighted by Crippen LogP contribution is 2.58. The van der Waals surface area contributed by atoms with Crippen LogP contribution in [0.15, 0.2) is 155 Å². The van der Waals surface area contributed by atoms with Gasteiger partial charge in [0.05, 0.1) is 10.6 Å². The predicted octanol–water partition coefficient (Wildman–Crippen LogP) is 7.95. The van der Waals surface area contributed by atoms with Gasteiger partial charge < -0.3 is 0 Å². The molecule has 0 unspecified atom stereocenters. The maximum atomic E-state index is 13.7. The Labute approximate surface area is 256 Å². The first kappa shape index (κ1) is 29.2. The Bertz CT molecular complexity index is 1750. The lowest BCUT2D eigenvalue weighted by atomic mass is 10.1. The molecule has 0 saturated heterocycles. The number of rotatable bonds is 9. The van der Waals surface area contributed by atoms with Crippen LogP contribution in [0.2, 0.25) is 0 Å². The number of halogens is 1. The molecule has 0 aromatic heterocycles. The first-order chi connectivity index (χ1) is 19.8. The molecule has 41 heavy (non-hydrogen) atoms. The van der Waals surface area contributed by atoms with Gasteiger partial charge in [-0.15, -0.1) is 0 Å². The fourth-order valence-electron chi connectivity index (χ4n) is 4.73. The van der Waals surface area contributed by atoms with Crippen molar-refractivity contribution in [3.63, 3.8) is 0 Å². The summed E-state index contributed by atoms with van der Waals surface area (Å²) >= 11 is 10.3. The molecule has 5 aromatic carbocycles. The number of allylic oxidation sites excluding steroid dienone is 1. The third kappa shape index (κ3) is 6.63. The van der Waals surface area contributed by atoms with Gasteiger partial charge in [-0.3, -0.25) is 4.72 Å². The summed E-state index contributed by atoms with van der Waals surface area (Å²) in [6.45, 7) is 1.93. The van der Waals surface area contributed by atoms with Crippen LogP contribution in [0, 0.1) is 6.92 Å². The van der Waals surface area contributed by atoms with Crippen molar-refractivity contribution in [2.45, 2.75) is 17.5 Å². The van der Waals surface area contributed by atoms with Crippen molar-refractivity contribution in [3.8, 4) is 0 Å². The van der Waals surface area contributed by atoms with Crippen molar-refractivity contribution in [2.75, 3.05) is 0 Å². The summed E-state index contributed by atoms with van der Waals surface area (Å²) in [7, 11) is -3.89. The third-order valence-electron chi connectivity index (χ3n) is 6.87. The minimum absolute atomic E-state index is 0.202. The molecule has 7 heteroatoms. The maximum Gasteiger partial charge on any atom is 0.261 e. The molecule has 1 atom stereocenters. The van der Waals surface area contributed by atoms with Gasteiger partial charge in [0.2, 0.25) is 0 Å². The van der Waals surface area contributed by atoms with Crippen molar-refractivity contribution in [2.24, 2.45) is 0 Å². The van der Waals surface area contributed by atoms with Crippen LogP contribution in [0.25, 0.3) is 5.70 Å². The molecule has 0 amide bonds. The van der Waals surface area contributed by atoms with Gasteiger partial charge in [-0.2, -0.15) is 0 Å². The van der Waals surface area contributed by atoms with E-state index < -0.39 is 16.1 Å². The standard InChI is InChI=1S/C34H29BrNO2PS2/c1-26-17-23-32(24-18-26)41(37,38)36-33(27-19-21-29(35)22-20-27)25-34(28-11-5-2-6-12-28)39(40,30-13-7-3-8-14-30)31-15-9-4-10-16-31/h2-25,34,36H,1H3/b33-25-/t34-/m1/s1. The van der Waals surface area contributed by atoms with Gasteiger partial charge in [0.1, 0.15) is 0 Å². The molecule has 0 bridgehead atoms. The molecular formula is C34H29BrNO2PS2. The fourth-order valence-corrected chi connectivity index (χ4v) is 10.5. The number of nitrogens with one attached hydrogen (secondary N) is 1. The van der Waals surface area contributed by atoms with Crippen LogP contribution in [0.4, 0.5) is 0 Å². The second-order valence-electron chi connectivity index (χ2n) is 9.69. The highest BCUT2D eigenvalue weighted by Gasteiger charge is 2.33. The SMILES string of the molecule is Cc1ccc(S(=O)(=O)N/C(=C\[C@H](c2ccccc2)P(=S)(c2ccccc2)c2ccccc2)c2ccc(Br)cc2)cc1. The van der Waals surface area contributed by atoms with Gasteiger partial charge in [-0.05, 0) is 59.0 Å². The van der Waals surface area contributed by atoms with Crippen molar-refractivity contribution in [1.82, 2.24) is 4.72 Å². The molecule has 0 heterocycles. The largest absolute Gasteiger partial charge is 0.279 e. The summed E-state index contributed by atoms with van der Waals surface area (Å²) in [4.78, 5) is 0.202. The number of hydrogen-bond acceptors (Lipinski definition) is 3. The van der Waals surface area contributed by atoms with E-state index in [-0.39, 0.29) is 10.6 Å². The summed E-state index contributed by atoms with van der Waals surface area (Å²) in [5.74, 6) is 0. The normalized spacial score (nSPS) is 13.0. The molecule has 5 aromatic rings. The van der Waals surface area contributed by atoms with Crippen LogP contribution in [0.1, 0.15) is 22.3 Å². The van der Waals surface area contributed by atoms with Gasteiger partial charge in [0, 0.05) is 16.2 Å². The zero-order chi connectivity index (χ0) is 28.9. The Morgan fingerprint density at radius 2 is 1.22 bits per heavy atom. The highest BCUT2D eigenvalue weighted by molar-refractivity contribution is 9.10. The Morgan fingerprint density at radius 1 is 0.732 bits per heavy atom. The Balaban J connectivity index is 1.76. The van der Waals surface area contributed by atoms with Crippen molar-refractivity contribution in [3.05, 3.63) is 167 Å². The quantitative estimate of drug-likeness (QED) is 0.164. The molecule has 206 valence electrons. The van der Waals surface area contributed by atoms with E-state index in [1.165, 1.54) is 0 Å². The molecular weight excluding hydrogens is 629 g/mol. The van der Waals surface area contributed by atoms with Crippen molar-refractivity contribution >= 4 is 60.1 Å². The number of sulfonamides is 1. The molecule has 0 saturated carbocycles. The summed E-state index contributed by atoms with van der Waals surface area (Å²) in [6.07, 6.45) is 2.02. The number of hydrogen-bond donors (Lipinski definition) is 1. The van der Waals surface area contributed by atoms with E-state index in [9.17, 15) is 8.42 Å². The smallest absolute Gasteiger partial charge is 0.261 e. The van der Waals surface area contributed by atoms with Crippen LogP contribution >= 0.6 is 22.0 Å². The third-order valence-corrected chi connectivity index (χ3v) is 14.1. The Hall–Kier alpha value is -3.28. The van der Waals surface area contributed by atoms with Gasteiger partial charge >= 0.3 is 0 Å². The monoisotopic (exact) mass is 657 g/mol. The highest BCUT2D eigenvalue weighted by atomic mass is 79.9. The molecule has 0 radical (unpaired) electrons. The van der Waals surface area contributed by atoms with Crippen LogP contribution in [0.3, 0.4) is 0 Å². The van der Waals surface area contributed by atoms with Crippen LogP contribution in [0.5, 0.6) is 0 Å². The lowest BCUT2D eigenvalue weighted by Crippen LogP contribution is -2.25. The molecule has 5 rings (SSSR count). The van der Waals surface area contributed by atoms with Gasteiger partial charge in [0.25, 0.3) is 10.0 Å². The second kappa shape index (κ2) is 12.7. The van der Waals surface area contributed by atoms with Crippen molar-refractivity contribution in [1.29, 1.82) is 0 Å². The van der Waals surface area contributed by atoms with Crippen LogP contribution in [-0.4, -0.2) is 8.42 Å². The van der Waals surface area contributed by atoms with Gasteiger partial charge in [0.15, 0.2) is 0 Å². The molecule has 3 nitrogen and oxygen atoms in total. The number of benzene rings is 5. The summed E-state index contributed by atoms with van der Waals surface area (Å²) in [5, 5.41) is 2.12. The molecule has 0 aliphatic carbocycles. The lowest BCUT2D eigenvalue weighted by Gasteiger charge is -2.32. The van der Waals surface area contributed by atoms with E-state index >= 15 is 0 Å². The first-order valence-electron chi connectivity index (χ1n) is 13.1. The maximum absolute atomic E-state index is 13.7. The van der Waals surface area contributed by atoms with E-state index in [1.807, 2.05) is 91.9 Å². The molecule has 0 aliphatic heterocycles. The first-order valence-corrected chi connectivity index (χ1v) is 18.3. The molecule has 0 fully saturated rings. The van der Waals surface area contributed by atoms with E-state index in [0.717, 1.165) is 31.8 Å². The van der Waals surface area contributed by atoms with E-state index in [0.29, 0.717) is 5.70 Å². The average molecular weight is 659 g/mol. The molecule has 1 N–H and O–H groups in total. The zero-order valence-electron chi connectivity index (χ0n) is 22.4. The molecule has 0 aliphatic rings. The van der Waals surface area contributed by atoms with Crippen LogP contribution < -0.4 is 15.3 Å². The summed E-state index contributed by atoms with van der Waals surface area (Å²) in [5.41, 5.74) is 2.93. The van der Waals surface area contributed by atoms with Gasteiger partial charge in [-0.25, -0.2) is 8.42 Å². The van der Waals surface area contributed by atoms with Gasteiger partial charge in [-0.1, -0.05) is 149 Å². The van der Waals surface area contributed by atoms with E-state index in [1.54, 1.807) is 24.3 Å². The number of aryl methyl sites for hydroxylation is 1. The average Bonchev–Trinajstić information content (AvgIpc) is 3.01. The zero-order valence-corrected chi connectivity index (χ0v) is 26.5. The fraction of sp³-hybridized carbons (Fsp3) is 0.0588. The topological polar surface area (TPSA) is 46.2 Å². The molecule has 0 spiro atoms. The second-order valence-corrected chi connectivity index (χ2v) is 16.9. The van der Waals surface area contributed by atoms with E-state index in [2.05, 4.69) is 57.1 Å². The minimum atomic E-state index is -3.89. The predicted molar refractivity (Wildman–Crippen MR) is 179 cm³/mol. The Kier molecular flexibility index (Phi) is 9.06. The minimum Gasteiger partial charge on any atom is -0.279 e. The van der Waals surface area contributed by atoms with E-state index in [4.69, 9.17) is 11.8 Å². The summed E-state index contributed by atoms with van der Waals surface area (Å²) < 4.78 is 31.3. The summed E-state index contributed by atoms with van der Waals surface area (Å²) in [6, 6.07) is 42.4. The van der Waals surface area contributed by atoms with Crippen LogP contribution in [-0.2, 0) is 21.8 Å². The Morgan fingerprint density at radius 3 is 1.73 bits per heavy atom. The van der Waals surface area contributed by atoms with Crippen molar-refractivity contribution < 1.29 is 8.42 Å².